The molecular formula is C9H12N6O. The summed E-state index contributed by atoms with van der Waals surface area (Å²) in [5, 5.41) is 13.2. The van der Waals surface area contributed by atoms with Crippen molar-refractivity contribution in [1.29, 1.82) is 0 Å². The second-order valence-corrected chi connectivity index (χ2v) is 3.35. The summed E-state index contributed by atoms with van der Waals surface area (Å²) in [6, 6.07) is 1.44. The third-order valence-corrected chi connectivity index (χ3v) is 2.22. The van der Waals surface area contributed by atoms with E-state index in [9.17, 15) is 4.79 Å². The van der Waals surface area contributed by atoms with Crippen LogP contribution in [0.15, 0.2) is 24.9 Å². The Morgan fingerprint density at radius 2 is 2.56 bits per heavy atom. The van der Waals surface area contributed by atoms with Crippen molar-refractivity contribution in [3.8, 4) is 0 Å². The number of nitrogens with zero attached hydrogens (tertiary/aromatic N) is 4. The Kier molecular flexibility index (Phi) is 2.95. The Balaban J connectivity index is 1.89. The van der Waals surface area contributed by atoms with Gasteiger partial charge in [-0.25, -0.2) is 9.67 Å². The zero-order valence-electron chi connectivity index (χ0n) is 8.79. The first-order chi connectivity index (χ1) is 7.77. The van der Waals surface area contributed by atoms with Gasteiger partial charge in [-0.15, -0.1) is 0 Å². The van der Waals surface area contributed by atoms with Crippen molar-refractivity contribution in [3.05, 3.63) is 30.6 Å². The maximum absolute atomic E-state index is 11.7. The summed E-state index contributed by atoms with van der Waals surface area (Å²) in [4.78, 5) is 15.5. The minimum atomic E-state index is -0.370. The molecule has 0 bridgehead atoms. The van der Waals surface area contributed by atoms with E-state index < -0.39 is 0 Å². The summed E-state index contributed by atoms with van der Waals surface area (Å²) in [7, 11) is 0. The van der Waals surface area contributed by atoms with Crippen molar-refractivity contribution in [3.63, 3.8) is 0 Å². The number of hydrogen-bond donors (Lipinski definition) is 2. The zero-order chi connectivity index (χ0) is 11.4. The summed E-state index contributed by atoms with van der Waals surface area (Å²) in [5.74, 6) is -0.111. The Hall–Kier alpha value is -2.18. The molecule has 1 atom stereocenters. The quantitative estimate of drug-likeness (QED) is 0.751. The van der Waals surface area contributed by atoms with Gasteiger partial charge < -0.3 is 5.32 Å². The molecular weight excluding hydrogens is 208 g/mol. The predicted octanol–water partition coefficient (Wildman–Crippen LogP) is -0.121. The lowest BCUT2D eigenvalue weighted by Gasteiger charge is -2.11. The highest BCUT2D eigenvalue weighted by atomic mass is 16.2. The number of rotatable bonds is 4. The maximum Gasteiger partial charge on any atom is 0.244 e. The smallest absolute Gasteiger partial charge is 0.244 e. The van der Waals surface area contributed by atoms with Crippen LogP contribution < -0.4 is 5.32 Å². The number of aromatic nitrogens is 5. The summed E-state index contributed by atoms with van der Waals surface area (Å²) in [6.45, 7) is 2.19. The van der Waals surface area contributed by atoms with E-state index in [4.69, 9.17) is 0 Å². The normalized spacial score (nSPS) is 12.3. The molecule has 0 aliphatic heterocycles. The zero-order valence-corrected chi connectivity index (χ0v) is 8.79. The van der Waals surface area contributed by atoms with Gasteiger partial charge in [-0.3, -0.25) is 9.89 Å². The molecule has 0 saturated heterocycles. The number of aromatic amines is 1. The predicted molar refractivity (Wildman–Crippen MR) is 55.2 cm³/mol. The van der Waals surface area contributed by atoms with Crippen molar-refractivity contribution >= 4 is 5.91 Å². The lowest BCUT2D eigenvalue weighted by atomic mass is 10.3. The van der Waals surface area contributed by atoms with Crippen LogP contribution in [0.1, 0.15) is 18.7 Å². The third-order valence-electron chi connectivity index (χ3n) is 2.22. The standard InChI is InChI=1S/C9H12N6O/c1-7(15-6-10-5-13-15)9(16)11-4-8-2-3-12-14-8/h2-3,5-7H,4H2,1H3,(H,11,16)(H,12,14). The van der Waals surface area contributed by atoms with Crippen molar-refractivity contribution in [2.24, 2.45) is 0 Å². The van der Waals surface area contributed by atoms with Crippen molar-refractivity contribution < 1.29 is 4.79 Å². The van der Waals surface area contributed by atoms with Crippen molar-refractivity contribution in [2.45, 2.75) is 19.5 Å². The molecule has 1 unspecified atom stereocenters. The summed E-state index contributed by atoms with van der Waals surface area (Å²) in [6.07, 6.45) is 4.56. The Morgan fingerprint density at radius 3 is 3.19 bits per heavy atom. The van der Waals surface area contributed by atoms with Crippen LogP contribution >= 0.6 is 0 Å². The van der Waals surface area contributed by atoms with E-state index in [0.29, 0.717) is 6.54 Å². The van der Waals surface area contributed by atoms with Crippen LogP contribution in [0, 0.1) is 0 Å². The molecule has 0 aliphatic carbocycles. The average molecular weight is 220 g/mol. The van der Waals surface area contributed by atoms with Gasteiger partial charge in [-0.05, 0) is 13.0 Å². The molecule has 1 amide bonds. The number of hydrogen-bond acceptors (Lipinski definition) is 4. The van der Waals surface area contributed by atoms with Crippen LogP contribution in [0.2, 0.25) is 0 Å². The van der Waals surface area contributed by atoms with Gasteiger partial charge in [-0.2, -0.15) is 10.2 Å². The van der Waals surface area contributed by atoms with E-state index in [1.807, 2.05) is 0 Å². The molecule has 0 radical (unpaired) electrons. The van der Waals surface area contributed by atoms with Gasteiger partial charge in [0.05, 0.1) is 12.2 Å². The number of amides is 1. The monoisotopic (exact) mass is 220 g/mol. The highest BCUT2D eigenvalue weighted by molar-refractivity contribution is 5.79. The topological polar surface area (TPSA) is 88.5 Å². The number of carbonyl (C=O) groups is 1. The molecule has 7 nitrogen and oxygen atoms in total. The first kappa shape index (κ1) is 10.3. The van der Waals surface area contributed by atoms with Crippen molar-refractivity contribution in [1.82, 2.24) is 30.3 Å². The van der Waals surface area contributed by atoms with E-state index in [2.05, 4.69) is 25.6 Å². The Bertz CT molecular complexity index is 435. The minimum absolute atomic E-state index is 0.111. The fourth-order valence-corrected chi connectivity index (χ4v) is 1.25. The summed E-state index contributed by atoms with van der Waals surface area (Å²) < 4.78 is 1.50. The fourth-order valence-electron chi connectivity index (χ4n) is 1.25. The second-order valence-electron chi connectivity index (χ2n) is 3.35. The van der Waals surface area contributed by atoms with Gasteiger partial charge in [0.1, 0.15) is 18.7 Å². The van der Waals surface area contributed by atoms with Gasteiger partial charge in [0, 0.05) is 6.20 Å². The second kappa shape index (κ2) is 4.56. The molecule has 0 aromatic carbocycles. The summed E-state index contributed by atoms with van der Waals surface area (Å²) in [5.41, 5.74) is 0.860. The fraction of sp³-hybridized carbons (Fsp3) is 0.333. The molecule has 84 valence electrons. The van der Waals surface area contributed by atoms with E-state index in [0.717, 1.165) is 5.69 Å². The molecule has 0 aliphatic rings. The van der Waals surface area contributed by atoms with Crippen LogP contribution in [0.3, 0.4) is 0 Å². The van der Waals surface area contributed by atoms with Crippen LogP contribution in [0.25, 0.3) is 0 Å². The molecule has 16 heavy (non-hydrogen) atoms. The first-order valence-corrected chi connectivity index (χ1v) is 4.87. The molecule has 7 heteroatoms. The molecule has 2 aromatic heterocycles. The van der Waals surface area contributed by atoms with Gasteiger partial charge in [0.25, 0.3) is 0 Å². The molecule has 0 saturated carbocycles. The van der Waals surface area contributed by atoms with Crippen LogP contribution in [0.5, 0.6) is 0 Å². The van der Waals surface area contributed by atoms with Gasteiger partial charge in [0.2, 0.25) is 5.91 Å². The number of carbonyl (C=O) groups excluding carboxylic acids is 1. The Morgan fingerprint density at radius 1 is 1.69 bits per heavy atom. The first-order valence-electron chi connectivity index (χ1n) is 4.87. The van der Waals surface area contributed by atoms with Crippen molar-refractivity contribution in [2.75, 3.05) is 0 Å². The molecule has 2 heterocycles. The molecule has 2 aromatic rings. The number of nitrogens with one attached hydrogen (secondary N) is 2. The maximum atomic E-state index is 11.7. The summed E-state index contributed by atoms with van der Waals surface area (Å²) >= 11 is 0. The highest BCUT2D eigenvalue weighted by Crippen LogP contribution is 2.02. The highest BCUT2D eigenvalue weighted by Gasteiger charge is 2.14. The SMILES string of the molecule is CC(C(=O)NCc1ccn[nH]1)n1cncn1. The molecule has 0 spiro atoms. The lowest BCUT2D eigenvalue weighted by Crippen LogP contribution is -2.30. The Labute approximate surface area is 91.9 Å². The average Bonchev–Trinajstić information content (AvgIpc) is 2.96. The van der Waals surface area contributed by atoms with Crippen LogP contribution in [-0.2, 0) is 11.3 Å². The van der Waals surface area contributed by atoms with E-state index >= 15 is 0 Å². The van der Waals surface area contributed by atoms with Crippen LogP contribution in [-0.4, -0.2) is 30.9 Å². The lowest BCUT2D eigenvalue weighted by molar-refractivity contribution is -0.124. The van der Waals surface area contributed by atoms with Gasteiger partial charge in [-0.1, -0.05) is 0 Å². The van der Waals surface area contributed by atoms with Gasteiger partial charge in [0.15, 0.2) is 0 Å². The van der Waals surface area contributed by atoms with E-state index in [1.54, 1.807) is 19.2 Å². The minimum Gasteiger partial charge on any atom is -0.349 e. The van der Waals surface area contributed by atoms with Crippen LogP contribution in [0.4, 0.5) is 0 Å². The third kappa shape index (κ3) is 2.25. The molecule has 0 fully saturated rings. The number of H-pyrrole nitrogens is 1. The van der Waals surface area contributed by atoms with E-state index in [1.165, 1.54) is 17.3 Å². The molecule has 2 N–H and O–H groups in total. The van der Waals surface area contributed by atoms with Gasteiger partial charge >= 0.3 is 0 Å². The molecule has 2 rings (SSSR count). The largest absolute Gasteiger partial charge is 0.349 e. The van der Waals surface area contributed by atoms with E-state index in [-0.39, 0.29) is 11.9 Å².